The van der Waals surface area contributed by atoms with Crippen molar-refractivity contribution in [1.29, 1.82) is 0 Å². The van der Waals surface area contributed by atoms with Gasteiger partial charge < -0.3 is 20.3 Å². The number of ether oxygens (including phenoxy) is 1. The maximum absolute atomic E-state index is 12.7. The number of para-hydroxylation sites is 1. The number of alkyl halides is 3. The van der Waals surface area contributed by atoms with Crippen molar-refractivity contribution in [3.8, 4) is 5.75 Å². The van der Waals surface area contributed by atoms with Gasteiger partial charge in [0.2, 0.25) is 0 Å². The summed E-state index contributed by atoms with van der Waals surface area (Å²) in [7, 11) is 4.08. The zero-order valence-corrected chi connectivity index (χ0v) is 21.4. The molecule has 188 valence electrons. The Labute approximate surface area is 212 Å². The highest BCUT2D eigenvalue weighted by Gasteiger charge is 2.32. The fourth-order valence-electron chi connectivity index (χ4n) is 4.64. The molecule has 0 amide bonds. The van der Waals surface area contributed by atoms with E-state index < -0.39 is 6.36 Å². The first-order valence-corrected chi connectivity index (χ1v) is 12.6. The molecule has 2 N–H and O–H groups in total. The average molecular weight is 551 g/mol. The highest BCUT2D eigenvalue weighted by molar-refractivity contribution is 9.10. The lowest BCUT2D eigenvalue weighted by atomic mass is 9.86. The van der Waals surface area contributed by atoms with Crippen LogP contribution in [0, 0.1) is 5.92 Å². The Kier molecular flexibility index (Phi) is 8.06. The molecule has 3 aromatic rings. The minimum absolute atomic E-state index is 0.166. The lowest BCUT2D eigenvalue weighted by molar-refractivity contribution is -0.274. The number of nitrogens with one attached hydrogen (secondary N) is 2. The number of rotatable bonds is 8. The molecule has 0 atom stereocenters. The van der Waals surface area contributed by atoms with Crippen molar-refractivity contribution in [2.75, 3.05) is 30.9 Å². The van der Waals surface area contributed by atoms with Crippen molar-refractivity contribution in [1.82, 2.24) is 10.3 Å². The van der Waals surface area contributed by atoms with Crippen LogP contribution in [0.25, 0.3) is 10.9 Å². The van der Waals surface area contributed by atoms with Gasteiger partial charge >= 0.3 is 6.36 Å². The summed E-state index contributed by atoms with van der Waals surface area (Å²) >= 11 is 3.32. The molecule has 0 bridgehead atoms. The first kappa shape index (κ1) is 25.6. The molecule has 5 nitrogen and oxygen atoms in total. The van der Waals surface area contributed by atoms with E-state index in [4.69, 9.17) is 4.98 Å². The Morgan fingerprint density at radius 1 is 1.06 bits per heavy atom. The second kappa shape index (κ2) is 11.0. The van der Waals surface area contributed by atoms with E-state index in [9.17, 15) is 13.2 Å². The molecule has 35 heavy (non-hydrogen) atoms. The predicted molar refractivity (Wildman–Crippen MR) is 138 cm³/mol. The summed E-state index contributed by atoms with van der Waals surface area (Å²) in [5, 5.41) is 8.07. The van der Waals surface area contributed by atoms with Crippen molar-refractivity contribution in [3.05, 3.63) is 58.6 Å². The molecule has 0 spiro atoms. The van der Waals surface area contributed by atoms with Crippen LogP contribution in [0.4, 0.5) is 24.7 Å². The number of fused-ring (bicyclic) bond motifs is 1. The molecule has 1 aliphatic rings. The van der Waals surface area contributed by atoms with Gasteiger partial charge in [-0.15, -0.1) is 13.2 Å². The number of anilines is 2. The third-order valence-electron chi connectivity index (χ3n) is 6.37. The van der Waals surface area contributed by atoms with Gasteiger partial charge in [0, 0.05) is 53.9 Å². The number of aromatic nitrogens is 1. The Morgan fingerprint density at radius 3 is 2.51 bits per heavy atom. The summed E-state index contributed by atoms with van der Waals surface area (Å²) in [6.07, 6.45) is -0.567. The molecular formula is C26H30BrF3N4O. The molecule has 1 saturated carbocycles. The van der Waals surface area contributed by atoms with E-state index in [0.717, 1.165) is 59.1 Å². The minimum atomic E-state index is -4.71. The monoisotopic (exact) mass is 550 g/mol. The van der Waals surface area contributed by atoms with Gasteiger partial charge in [-0.05, 0) is 62.4 Å². The highest BCUT2D eigenvalue weighted by Crippen LogP contribution is 2.31. The van der Waals surface area contributed by atoms with Crippen LogP contribution in [-0.4, -0.2) is 38.0 Å². The van der Waals surface area contributed by atoms with E-state index >= 15 is 0 Å². The molecule has 1 fully saturated rings. The molecule has 1 aromatic heterocycles. The standard InChI is InChI=1S/C26H30BrF3N4O/c1-34(2)23-14-25(33-22-6-4-3-5-21(22)23)32-20-10-7-17(8-11-20)15-31-16-18-13-19(27)9-12-24(18)35-26(28,29)30/h3-6,9,12-14,17,20,31H,7-8,10-11,15-16H2,1-2H3,(H,32,33). The fourth-order valence-corrected chi connectivity index (χ4v) is 5.05. The molecule has 2 aromatic carbocycles. The van der Waals surface area contributed by atoms with Gasteiger partial charge in [0.05, 0.1) is 5.52 Å². The second-order valence-corrected chi connectivity index (χ2v) is 10.1. The minimum Gasteiger partial charge on any atom is -0.405 e. The number of pyridine rings is 1. The summed E-state index contributed by atoms with van der Waals surface area (Å²) in [6, 6.07) is 15.2. The topological polar surface area (TPSA) is 49.4 Å². The van der Waals surface area contributed by atoms with Gasteiger partial charge in [-0.3, -0.25) is 0 Å². The fraction of sp³-hybridized carbons (Fsp3) is 0.423. The van der Waals surface area contributed by atoms with Crippen LogP contribution in [0.15, 0.2) is 53.0 Å². The van der Waals surface area contributed by atoms with E-state index in [1.807, 2.05) is 32.3 Å². The van der Waals surface area contributed by atoms with Crippen LogP contribution in [0.5, 0.6) is 5.75 Å². The average Bonchev–Trinajstić information content (AvgIpc) is 2.80. The van der Waals surface area contributed by atoms with Gasteiger partial charge in [-0.25, -0.2) is 4.98 Å². The van der Waals surface area contributed by atoms with E-state index in [1.165, 1.54) is 6.07 Å². The molecule has 0 saturated heterocycles. The highest BCUT2D eigenvalue weighted by atomic mass is 79.9. The van der Waals surface area contributed by atoms with Gasteiger partial charge in [0.15, 0.2) is 0 Å². The summed E-state index contributed by atoms with van der Waals surface area (Å²) < 4.78 is 43.0. The normalized spacial score (nSPS) is 18.5. The van der Waals surface area contributed by atoms with E-state index in [1.54, 1.807) is 12.1 Å². The lowest BCUT2D eigenvalue weighted by Gasteiger charge is -2.30. The van der Waals surface area contributed by atoms with Crippen LogP contribution in [0.2, 0.25) is 0 Å². The number of halogens is 4. The molecule has 4 rings (SSSR count). The summed E-state index contributed by atoms with van der Waals surface area (Å²) in [4.78, 5) is 6.91. The van der Waals surface area contributed by atoms with Gasteiger partial charge in [-0.2, -0.15) is 0 Å². The number of nitrogens with zero attached hydrogens (tertiary/aromatic N) is 2. The summed E-state index contributed by atoms with van der Waals surface area (Å²) in [5.74, 6) is 1.20. The third kappa shape index (κ3) is 7.01. The maximum Gasteiger partial charge on any atom is 0.573 e. The Balaban J connectivity index is 1.29. The number of hydrogen-bond donors (Lipinski definition) is 2. The van der Waals surface area contributed by atoms with Gasteiger partial charge in [0.1, 0.15) is 11.6 Å². The quantitative estimate of drug-likeness (QED) is 0.326. The third-order valence-corrected chi connectivity index (χ3v) is 6.86. The summed E-state index contributed by atoms with van der Waals surface area (Å²) in [6.45, 7) is 1.07. The number of benzene rings is 2. The molecular weight excluding hydrogens is 521 g/mol. The zero-order valence-electron chi connectivity index (χ0n) is 19.8. The summed E-state index contributed by atoms with van der Waals surface area (Å²) in [5.41, 5.74) is 2.59. The van der Waals surface area contributed by atoms with Crippen LogP contribution in [0.1, 0.15) is 31.2 Å². The van der Waals surface area contributed by atoms with Crippen molar-refractivity contribution in [3.63, 3.8) is 0 Å². The lowest BCUT2D eigenvalue weighted by Crippen LogP contribution is -2.31. The van der Waals surface area contributed by atoms with Gasteiger partial charge in [0.25, 0.3) is 0 Å². The van der Waals surface area contributed by atoms with Crippen LogP contribution >= 0.6 is 15.9 Å². The maximum atomic E-state index is 12.7. The Morgan fingerprint density at radius 2 is 1.80 bits per heavy atom. The van der Waals surface area contributed by atoms with Crippen molar-refractivity contribution in [2.24, 2.45) is 5.92 Å². The molecule has 0 aliphatic heterocycles. The smallest absolute Gasteiger partial charge is 0.405 e. The van der Waals surface area contributed by atoms with E-state index in [2.05, 4.69) is 48.3 Å². The van der Waals surface area contributed by atoms with Crippen molar-refractivity contribution in [2.45, 2.75) is 44.6 Å². The predicted octanol–water partition coefficient (Wildman–Crippen LogP) is 6.72. The second-order valence-electron chi connectivity index (χ2n) is 9.23. The van der Waals surface area contributed by atoms with E-state index in [-0.39, 0.29) is 5.75 Å². The SMILES string of the molecule is CN(C)c1cc(NC2CCC(CNCc3cc(Br)ccc3OC(F)(F)F)CC2)nc2ccccc12. The van der Waals surface area contributed by atoms with Crippen LogP contribution < -0.4 is 20.3 Å². The van der Waals surface area contributed by atoms with Gasteiger partial charge in [-0.1, -0.05) is 34.1 Å². The van der Waals surface area contributed by atoms with Crippen molar-refractivity contribution >= 4 is 38.3 Å². The first-order chi connectivity index (χ1) is 16.7. The zero-order chi connectivity index (χ0) is 25.0. The van der Waals surface area contributed by atoms with Crippen molar-refractivity contribution < 1.29 is 17.9 Å². The molecule has 1 aliphatic carbocycles. The molecule has 0 unspecified atom stereocenters. The molecule has 9 heteroatoms. The Bertz CT molecular complexity index is 1150. The number of hydrogen-bond acceptors (Lipinski definition) is 5. The Hall–Kier alpha value is -2.52. The first-order valence-electron chi connectivity index (χ1n) is 11.8. The molecule has 1 heterocycles. The molecule has 0 radical (unpaired) electrons. The van der Waals surface area contributed by atoms with E-state index in [0.29, 0.717) is 24.1 Å². The van der Waals surface area contributed by atoms with Crippen LogP contribution in [0.3, 0.4) is 0 Å². The largest absolute Gasteiger partial charge is 0.573 e. The van der Waals surface area contributed by atoms with Crippen LogP contribution in [-0.2, 0) is 6.54 Å².